The number of alkyl halides is 1. The molecule has 0 spiro atoms. The fourth-order valence-electron chi connectivity index (χ4n) is 2.15. The van der Waals surface area contributed by atoms with Gasteiger partial charge in [0.15, 0.2) is 11.5 Å². The lowest BCUT2D eigenvalue weighted by Crippen LogP contribution is -2.15. The maximum Gasteiger partial charge on any atom is 0.162 e. The van der Waals surface area contributed by atoms with Crippen molar-refractivity contribution in [1.29, 1.82) is 0 Å². The molecule has 1 aliphatic heterocycles. The molecule has 21 heavy (non-hydrogen) atoms. The zero-order chi connectivity index (χ0) is 15.0. The number of halogens is 4. The third kappa shape index (κ3) is 3.04. The highest BCUT2D eigenvalue weighted by molar-refractivity contribution is 6.37. The Morgan fingerprint density at radius 2 is 1.43 bits per heavy atom. The van der Waals surface area contributed by atoms with E-state index in [0.717, 1.165) is 5.56 Å². The highest BCUT2D eigenvalue weighted by Crippen LogP contribution is 2.43. The van der Waals surface area contributed by atoms with Crippen molar-refractivity contribution in [2.75, 3.05) is 13.2 Å². The van der Waals surface area contributed by atoms with E-state index in [4.69, 9.17) is 55.9 Å². The van der Waals surface area contributed by atoms with E-state index in [1.54, 1.807) is 30.3 Å². The molecule has 6 heteroatoms. The highest BCUT2D eigenvalue weighted by Gasteiger charge is 2.22. The van der Waals surface area contributed by atoms with Crippen molar-refractivity contribution in [3.8, 4) is 11.5 Å². The Morgan fingerprint density at radius 1 is 0.810 bits per heavy atom. The van der Waals surface area contributed by atoms with Crippen LogP contribution in [0.1, 0.15) is 16.5 Å². The number of hydrogen-bond acceptors (Lipinski definition) is 2. The smallest absolute Gasteiger partial charge is 0.162 e. The van der Waals surface area contributed by atoms with Crippen molar-refractivity contribution >= 4 is 46.4 Å². The van der Waals surface area contributed by atoms with Gasteiger partial charge in [-0.1, -0.05) is 40.9 Å². The molecule has 2 aromatic rings. The predicted octanol–water partition coefficient (Wildman–Crippen LogP) is 5.75. The first kappa shape index (κ1) is 15.1. The average molecular weight is 364 g/mol. The third-order valence-electron chi connectivity index (χ3n) is 3.17. The van der Waals surface area contributed by atoms with Crippen LogP contribution in [0.4, 0.5) is 0 Å². The van der Waals surface area contributed by atoms with Gasteiger partial charge in [0.2, 0.25) is 0 Å². The normalized spacial score (nSPS) is 14.9. The van der Waals surface area contributed by atoms with Gasteiger partial charge in [-0.25, -0.2) is 0 Å². The van der Waals surface area contributed by atoms with Crippen LogP contribution >= 0.6 is 46.4 Å². The Labute approximate surface area is 142 Å². The van der Waals surface area contributed by atoms with E-state index in [9.17, 15) is 0 Å². The van der Waals surface area contributed by atoms with Crippen LogP contribution in [0.5, 0.6) is 11.5 Å². The monoisotopic (exact) mass is 362 g/mol. The Morgan fingerprint density at radius 3 is 2.10 bits per heavy atom. The molecule has 0 saturated carbocycles. The molecular formula is C15H10Cl4O2. The summed E-state index contributed by atoms with van der Waals surface area (Å²) < 4.78 is 11.0. The van der Waals surface area contributed by atoms with E-state index in [1.807, 2.05) is 0 Å². The van der Waals surface area contributed by atoms with Crippen molar-refractivity contribution in [3.05, 3.63) is 56.5 Å². The van der Waals surface area contributed by atoms with Crippen LogP contribution in [0, 0.1) is 0 Å². The quantitative estimate of drug-likeness (QED) is 0.632. The molecular weight excluding hydrogens is 354 g/mol. The highest BCUT2D eigenvalue weighted by atomic mass is 35.5. The molecule has 0 aliphatic carbocycles. The van der Waals surface area contributed by atoms with Crippen LogP contribution in [-0.4, -0.2) is 13.2 Å². The standard InChI is InChI=1S/C15H10Cl4O2/c16-8-1-2-9(11(17)5-8)15(19)10-6-13-14(7-12(10)18)21-4-3-20-13/h1-2,5-7,15H,3-4H2. The van der Waals surface area contributed by atoms with Crippen molar-refractivity contribution in [2.45, 2.75) is 5.38 Å². The fourth-order valence-corrected chi connectivity index (χ4v) is 3.41. The van der Waals surface area contributed by atoms with Gasteiger partial charge in [-0.05, 0) is 29.3 Å². The van der Waals surface area contributed by atoms with E-state index >= 15 is 0 Å². The number of hydrogen-bond donors (Lipinski definition) is 0. The van der Waals surface area contributed by atoms with Crippen LogP contribution in [-0.2, 0) is 0 Å². The molecule has 3 rings (SSSR count). The summed E-state index contributed by atoms with van der Waals surface area (Å²) >= 11 is 24.9. The van der Waals surface area contributed by atoms with Crippen molar-refractivity contribution in [1.82, 2.24) is 0 Å². The zero-order valence-corrected chi connectivity index (χ0v) is 13.7. The predicted molar refractivity (Wildman–Crippen MR) is 86.6 cm³/mol. The van der Waals surface area contributed by atoms with Gasteiger partial charge in [0, 0.05) is 21.1 Å². The largest absolute Gasteiger partial charge is 0.486 e. The summed E-state index contributed by atoms with van der Waals surface area (Å²) in [5, 5.41) is 1.05. The second kappa shape index (κ2) is 6.13. The molecule has 1 aliphatic rings. The topological polar surface area (TPSA) is 18.5 Å². The molecule has 0 aromatic heterocycles. The third-order valence-corrected chi connectivity index (χ3v) is 4.53. The van der Waals surface area contributed by atoms with Crippen LogP contribution in [0.25, 0.3) is 0 Å². The minimum atomic E-state index is -0.502. The van der Waals surface area contributed by atoms with Gasteiger partial charge in [0.25, 0.3) is 0 Å². The van der Waals surface area contributed by atoms with Gasteiger partial charge in [0.05, 0.1) is 5.38 Å². The lowest BCUT2D eigenvalue weighted by molar-refractivity contribution is 0.171. The maximum absolute atomic E-state index is 6.53. The number of benzene rings is 2. The summed E-state index contributed by atoms with van der Waals surface area (Å²) in [5.74, 6) is 1.26. The van der Waals surface area contributed by atoms with Crippen LogP contribution in [0.3, 0.4) is 0 Å². The Hall–Kier alpha value is -0.800. The van der Waals surface area contributed by atoms with Gasteiger partial charge >= 0.3 is 0 Å². The molecule has 0 fully saturated rings. The lowest BCUT2D eigenvalue weighted by atomic mass is 10.0. The summed E-state index contributed by atoms with van der Waals surface area (Å²) in [6, 6.07) is 8.68. The summed E-state index contributed by atoms with van der Waals surface area (Å²) in [7, 11) is 0. The molecule has 1 unspecified atom stereocenters. The summed E-state index contributed by atoms with van der Waals surface area (Å²) in [5.41, 5.74) is 1.45. The molecule has 1 atom stereocenters. The van der Waals surface area contributed by atoms with Gasteiger partial charge in [0.1, 0.15) is 13.2 Å². The Kier molecular flexibility index (Phi) is 4.41. The number of rotatable bonds is 2. The lowest BCUT2D eigenvalue weighted by Gasteiger charge is -2.21. The van der Waals surface area contributed by atoms with Crippen molar-refractivity contribution in [2.24, 2.45) is 0 Å². The first-order chi connectivity index (χ1) is 10.1. The molecule has 110 valence electrons. The average Bonchev–Trinajstić information content (AvgIpc) is 2.46. The number of fused-ring (bicyclic) bond motifs is 1. The minimum Gasteiger partial charge on any atom is -0.486 e. The van der Waals surface area contributed by atoms with Crippen molar-refractivity contribution < 1.29 is 9.47 Å². The van der Waals surface area contributed by atoms with Gasteiger partial charge in [-0.3, -0.25) is 0 Å². The maximum atomic E-state index is 6.53. The second-order valence-electron chi connectivity index (χ2n) is 4.55. The van der Waals surface area contributed by atoms with Gasteiger partial charge in [-0.2, -0.15) is 0 Å². The molecule has 0 radical (unpaired) electrons. The van der Waals surface area contributed by atoms with E-state index in [2.05, 4.69) is 0 Å². The van der Waals surface area contributed by atoms with Crippen molar-refractivity contribution in [3.63, 3.8) is 0 Å². The van der Waals surface area contributed by atoms with E-state index < -0.39 is 5.38 Å². The first-order valence-electron chi connectivity index (χ1n) is 6.24. The molecule has 0 saturated heterocycles. The van der Waals surface area contributed by atoms with Crippen LogP contribution in [0.15, 0.2) is 30.3 Å². The Balaban J connectivity index is 2.03. The molecule has 1 heterocycles. The summed E-state index contributed by atoms with van der Waals surface area (Å²) in [6.45, 7) is 1.01. The molecule has 2 nitrogen and oxygen atoms in total. The molecule has 0 amide bonds. The second-order valence-corrected chi connectivity index (χ2v) is 6.23. The number of ether oxygens (including phenoxy) is 2. The van der Waals surface area contributed by atoms with E-state index in [0.29, 0.717) is 45.3 Å². The Bertz CT molecular complexity index is 688. The molecule has 0 bridgehead atoms. The van der Waals surface area contributed by atoms with Gasteiger partial charge in [-0.15, -0.1) is 11.6 Å². The van der Waals surface area contributed by atoms with Crippen LogP contribution in [0.2, 0.25) is 15.1 Å². The summed E-state index contributed by atoms with van der Waals surface area (Å²) in [6.07, 6.45) is 0. The minimum absolute atomic E-state index is 0.494. The molecule has 2 aromatic carbocycles. The summed E-state index contributed by atoms with van der Waals surface area (Å²) in [4.78, 5) is 0. The van der Waals surface area contributed by atoms with Gasteiger partial charge < -0.3 is 9.47 Å². The van der Waals surface area contributed by atoms with E-state index in [1.165, 1.54) is 0 Å². The van der Waals surface area contributed by atoms with Crippen LogP contribution < -0.4 is 9.47 Å². The molecule has 0 N–H and O–H groups in total. The zero-order valence-electron chi connectivity index (χ0n) is 10.7. The fraction of sp³-hybridized carbons (Fsp3) is 0.200. The first-order valence-corrected chi connectivity index (χ1v) is 7.81. The SMILES string of the molecule is Clc1ccc(C(Cl)c2cc3c(cc2Cl)OCCO3)c(Cl)c1. The van der Waals surface area contributed by atoms with E-state index in [-0.39, 0.29) is 0 Å².